The van der Waals surface area contributed by atoms with Crippen LogP contribution in [0.4, 0.5) is 0 Å². The standard InChI is InChI=1S/C5H9ClNO2/c1-8-5-2-7-4(6)3-9-5/h4-5H,2-3H2,1H3. The summed E-state index contributed by atoms with van der Waals surface area (Å²) in [5.41, 5.74) is -0.184. The zero-order valence-electron chi connectivity index (χ0n) is 5.21. The Kier molecular flexibility index (Phi) is 2.72. The molecule has 1 saturated heterocycles. The van der Waals surface area contributed by atoms with Gasteiger partial charge in [0.2, 0.25) is 0 Å². The topological polar surface area (TPSA) is 32.6 Å². The van der Waals surface area contributed by atoms with Crippen molar-refractivity contribution < 1.29 is 9.47 Å². The van der Waals surface area contributed by atoms with E-state index in [0.29, 0.717) is 13.2 Å². The van der Waals surface area contributed by atoms with E-state index >= 15 is 0 Å². The molecule has 0 aromatic heterocycles. The zero-order chi connectivity index (χ0) is 6.69. The predicted molar refractivity (Wildman–Crippen MR) is 33.4 cm³/mol. The molecule has 4 heteroatoms. The van der Waals surface area contributed by atoms with E-state index < -0.39 is 0 Å². The minimum Gasteiger partial charge on any atom is -0.354 e. The Labute approximate surface area is 59.3 Å². The number of ether oxygens (including phenoxy) is 2. The summed E-state index contributed by atoms with van der Waals surface area (Å²) in [5.74, 6) is 0. The quantitative estimate of drug-likeness (QED) is 0.394. The average Bonchev–Trinajstić information content (AvgIpc) is 1.90. The van der Waals surface area contributed by atoms with Gasteiger partial charge >= 0.3 is 0 Å². The van der Waals surface area contributed by atoms with Gasteiger partial charge in [-0.3, -0.25) is 0 Å². The van der Waals surface area contributed by atoms with Crippen LogP contribution < -0.4 is 5.32 Å². The van der Waals surface area contributed by atoms with E-state index in [1.165, 1.54) is 0 Å². The van der Waals surface area contributed by atoms with E-state index in [0.717, 1.165) is 0 Å². The highest BCUT2D eigenvalue weighted by molar-refractivity contribution is 6.20. The van der Waals surface area contributed by atoms with Crippen molar-refractivity contribution in [3.05, 3.63) is 0 Å². The maximum absolute atomic E-state index is 5.59. The number of hydrogen-bond donors (Lipinski definition) is 0. The molecule has 0 aromatic carbocycles. The molecule has 1 heterocycles. The van der Waals surface area contributed by atoms with Crippen molar-refractivity contribution in [3.8, 4) is 0 Å². The van der Waals surface area contributed by atoms with E-state index in [1.807, 2.05) is 0 Å². The lowest BCUT2D eigenvalue weighted by Crippen LogP contribution is -2.39. The molecule has 0 saturated carbocycles. The number of rotatable bonds is 1. The van der Waals surface area contributed by atoms with Crippen LogP contribution in [0.1, 0.15) is 0 Å². The molecule has 1 aliphatic rings. The summed E-state index contributed by atoms with van der Waals surface area (Å²) < 4.78 is 9.96. The van der Waals surface area contributed by atoms with Gasteiger partial charge in [0.1, 0.15) is 5.50 Å². The van der Waals surface area contributed by atoms with Gasteiger partial charge in [0.05, 0.1) is 13.2 Å². The van der Waals surface area contributed by atoms with E-state index in [2.05, 4.69) is 5.32 Å². The zero-order valence-corrected chi connectivity index (χ0v) is 5.97. The summed E-state index contributed by atoms with van der Waals surface area (Å²) in [6, 6.07) is 0. The lowest BCUT2D eigenvalue weighted by Gasteiger charge is -2.23. The molecule has 2 atom stereocenters. The molecule has 9 heavy (non-hydrogen) atoms. The molecule has 0 amide bonds. The fourth-order valence-corrected chi connectivity index (χ4v) is 0.788. The number of hydrogen-bond acceptors (Lipinski definition) is 2. The van der Waals surface area contributed by atoms with E-state index in [9.17, 15) is 0 Å². The van der Waals surface area contributed by atoms with Gasteiger partial charge in [-0.05, 0) is 0 Å². The molecule has 1 rings (SSSR count). The van der Waals surface area contributed by atoms with E-state index in [-0.39, 0.29) is 11.8 Å². The lowest BCUT2D eigenvalue weighted by atomic mass is 10.5. The molecule has 53 valence electrons. The largest absolute Gasteiger partial charge is 0.354 e. The van der Waals surface area contributed by atoms with Crippen molar-refractivity contribution >= 4 is 11.6 Å². The monoisotopic (exact) mass is 150 g/mol. The van der Waals surface area contributed by atoms with Crippen molar-refractivity contribution in [1.29, 1.82) is 0 Å². The van der Waals surface area contributed by atoms with E-state index in [1.54, 1.807) is 7.11 Å². The van der Waals surface area contributed by atoms with Crippen LogP contribution in [0.15, 0.2) is 0 Å². The first-order chi connectivity index (χ1) is 4.33. The van der Waals surface area contributed by atoms with Gasteiger partial charge in [-0.25, -0.2) is 5.32 Å². The fraction of sp³-hybridized carbons (Fsp3) is 1.00. The molecule has 2 unspecified atom stereocenters. The summed E-state index contributed by atoms with van der Waals surface area (Å²) in [6.07, 6.45) is -0.181. The fourth-order valence-electron chi connectivity index (χ4n) is 0.635. The highest BCUT2D eigenvalue weighted by Gasteiger charge is 2.18. The summed E-state index contributed by atoms with van der Waals surface area (Å²) in [4.78, 5) is 0. The molecule has 0 aromatic rings. The Hall–Kier alpha value is 0.170. The maximum Gasteiger partial charge on any atom is 0.171 e. The van der Waals surface area contributed by atoms with E-state index in [4.69, 9.17) is 21.1 Å². The number of halogens is 1. The molecule has 1 fully saturated rings. The molecule has 0 aliphatic carbocycles. The van der Waals surface area contributed by atoms with Gasteiger partial charge in [-0.15, -0.1) is 11.6 Å². The van der Waals surface area contributed by atoms with Crippen molar-refractivity contribution in [2.75, 3.05) is 20.3 Å². The van der Waals surface area contributed by atoms with Crippen LogP contribution in [0.25, 0.3) is 0 Å². The lowest BCUT2D eigenvalue weighted by molar-refractivity contribution is -0.140. The van der Waals surface area contributed by atoms with Crippen LogP contribution in [0.5, 0.6) is 0 Å². The van der Waals surface area contributed by atoms with Crippen LogP contribution >= 0.6 is 11.6 Å². The SMILES string of the molecule is COC1C[N]C(Cl)CO1. The van der Waals surface area contributed by atoms with Crippen LogP contribution in [-0.4, -0.2) is 32.1 Å². The molecule has 1 radical (unpaired) electrons. The first-order valence-electron chi connectivity index (χ1n) is 2.78. The van der Waals surface area contributed by atoms with Crippen LogP contribution in [0, 0.1) is 0 Å². The molecule has 0 N–H and O–H groups in total. The van der Waals surface area contributed by atoms with Crippen LogP contribution in [0.2, 0.25) is 0 Å². The third-order valence-electron chi connectivity index (χ3n) is 1.14. The Morgan fingerprint density at radius 3 is 3.00 bits per heavy atom. The second-order valence-electron chi connectivity index (χ2n) is 1.80. The Bertz CT molecular complexity index is 83.0. The average molecular weight is 151 g/mol. The number of methoxy groups -OCH3 is 1. The molecule has 0 bridgehead atoms. The van der Waals surface area contributed by atoms with Gasteiger partial charge in [0.15, 0.2) is 6.29 Å². The van der Waals surface area contributed by atoms with Crippen molar-refractivity contribution in [2.24, 2.45) is 0 Å². The second kappa shape index (κ2) is 3.37. The van der Waals surface area contributed by atoms with Crippen molar-refractivity contribution in [2.45, 2.75) is 11.8 Å². The first-order valence-corrected chi connectivity index (χ1v) is 3.21. The summed E-state index contributed by atoms with van der Waals surface area (Å²) in [5, 5.41) is 4.00. The third-order valence-corrected chi connectivity index (χ3v) is 1.40. The van der Waals surface area contributed by atoms with Gasteiger partial charge in [0, 0.05) is 7.11 Å². The summed E-state index contributed by atoms with van der Waals surface area (Å²) >= 11 is 5.59. The van der Waals surface area contributed by atoms with Crippen molar-refractivity contribution in [1.82, 2.24) is 5.32 Å². The first kappa shape index (κ1) is 7.28. The van der Waals surface area contributed by atoms with Crippen LogP contribution in [-0.2, 0) is 9.47 Å². The Balaban J connectivity index is 2.18. The molecular weight excluding hydrogens is 142 g/mol. The Morgan fingerprint density at radius 2 is 2.56 bits per heavy atom. The highest BCUT2D eigenvalue weighted by Crippen LogP contribution is 2.05. The van der Waals surface area contributed by atoms with Crippen LogP contribution in [0.3, 0.4) is 0 Å². The minimum atomic E-state index is -0.184. The normalized spacial score (nSPS) is 36.7. The minimum absolute atomic E-state index is 0.181. The molecular formula is C5H9ClNO2. The maximum atomic E-state index is 5.59. The van der Waals surface area contributed by atoms with Crippen molar-refractivity contribution in [3.63, 3.8) is 0 Å². The number of nitrogens with zero attached hydrogens (tertiary/aromatic N) is 1. The Morgan fingerprint density at radius 1 is 1.78 bits per heavy atom. The third kappa shape index (κ3) is 2.10. The summed E-state index contributed by atoms with van der Waals surface area (Å²) in [7, 11) is 1.59. The summed E-state index contributed by atoms with van der Waals surface area (Å²) in [6.45, 7) is 1.00. The molecule has 1 aliphatic heterocycles. The molecule has 3 nitrogen and oxygen atoms in total. The highest BCUT2D eigenvalue weighted by atomic mass is 35.5. The number of morpholine rings is 1. The van der Waals surface area contributed by atoms with Gasteiger partial charge in [-0.1, -0.05) is 0 Å². The predicted octanol–water partition coefficient (Wildman–Crippen LogP) is 0.158. The smallest absolute Gasteiger partial charge is 0.171 e. The van der Waals surface area contributed by atoms with Gasteiger partial charge < -0.3 is 9.47 Å². The van der Waals surface area contributed by atoms with Gasteiger partial charge in [-0.2, -0.15) is 0 Å². The molecule has 0 spiro atoms. The number of alkyl halides is 1. The van der Waals surface area contributed by atoms with Gasteiger partial charge in [0.25, 0.3) is 0 Å². The second-order valence-corrected chi connectivity index (χ2v) is 2.30.